The number of aromatic nitrogens is 5. The van der Waals surface area contributed by atoms with Crippen molar-refractivity contribution in [2.45, 2.75) is 31.5 Å². The van der Waals surface area contributed by atoms with Crippen LogP contribution in [0, 0.1) is 0 Å². The van der Waals surface area contributed by atoms with Crippen LogP contribution in [0.5, 0.6) is 0 Å². The maximum atomic E-state index is 12.8. The summed E-state index contributed by atoms with van der Waals surface area (Å²) in [6.45, 7) is 2.62. The number of hydrogen-bond acceptors (Lipinski definition) is 6. The molecule has 0 radical (unpaired) electrons. The molecule has 1 amide bonds. The van der Waals surface area contributed by atoms with Gasteiger partial charge in [0.2, 0.25) is 5.91 Å². The molecule has 2 fully saturated rings. The molecule has 2 aliphatic heterocycles. The number of likely N-dealkylation sites (tertiary alicyclic amines) is 1. The summed E-state index contributed by atoms with van der Waals surface area (Å²) in [7, 11) is 0. The maximum Gasteiger partial charge on any atom is 0.223 e. The van der Waals surface area contributed by atoms with Gasteiger partial charge in [-0.05, 0) is 6.07 Å². The topological polar surface area (TPSA) is 86.3 Å². The van der Waals surface area contributed by atoms with Crippen molar-refractivity contribution in [3.05, 3.63) is 54.6 Å². The molecular formula is C23H24N6O3. The van der Waals surface area contributed by atoms with E-state index in [9.17, 15) is 4.79 Å². The third kappa shape index (κ3) is 3.34. The summed E-state index contributed by atoms with van der Waals surface area (Å²) >= 11 is 0. The highest BCUT2D eigenvalue weighted by molar-refractivity contribution is 5.77. The zero-order chi connectivity index (χ0) is 21.5. The number of ether oxygens (including phenoxy) is 2. The Kier molecular flexibility index (Phi) is 4.65. The highest BCUT2D eigenvalue weighted by atomic mass is 16.7. The number of carbonyl (C=O) groups excluding carboxylic acids is 1. The van der Waals surface area contributed by atoms with Crippen LogP contribution < -0.4 is 0 Å². The van der Waals surface area contributed by atoms with Gasteiger partial charge in [0.25, 0.3) is 0 Å². The third-order valence-electron chi connectivity index (χ3n) is 6.41. The molecule has 164 valence electrons. The first kappa shape index (κ1) is 19.4. The number of hydrogen-bond donors (Lipinski definition) is 0. The molecule has 3 aromatic heterocycles. The molecule has 2 aliphatic rings. The second-order valence-corrected chi connectivity index (χ2v) is 8.32. The predicted octanol–water partition coefficient (Wildman–Crippen LogP) is 2.34. The van der Waals surface area contributed by atoms with Gasteiger partial charge in [-0.1, -0.05) is 30.3 Å². The Morgan fingerprint density at radius 2 is 1.81 bits per heavy atom. The average Bonchev–Trinajstić information content (AvgIpc) is 3.57. The van der Waals surface area contributed by atoms with Crippen LogP contribution in [0.4, 0.5) is 0 Å². The van der Waals surface area contributed by atoms with Crippen molar-refractivity contribution in [2.24, 2.45) is 0 Å². The Morgan fingerprint density at radius 1 is 1.03 bits per heavy atom. The first-order valence-electron chi connectivity index (χ1n) is 11.0. The second kappa shape index (κ2) is 7.68. The van der Waals surface area contributed by atoms with Gasteiger partial charge in [-0.15, -0.1) is 10.2 Å². The van der Waals surface area contributed by atoms with Crippen LogP contribution >= 0.6 is 0 Å². The minimum absolute atomic E-state index is 0.131. The van der Waals surface area contributed by atoms with Crippen LogP contribution in [0.3, 0.4) is 0 Å². The highest BCUT2D eigenvalue weighted by Gasteiger charge is 2.40. The quantitative estimate of drug-likeness (QED) is 0.492. The smallest absolute Gasteiger partial charge is 0.223 e. The molecule has 0 atom stereocenters. The Morgan fingerprint density at radius 3 is 2.59 bits per heavy atom. The number of piperidine rings is 1. The minimum atomic E-state index is -0.463. The van der Waals surface area contributed by atoms with Crippen LogP contribution in [0.2, 0.25) is 0 Å². The van der Waals surface area contributed by atoms with Gasteiger partial charge in [-0.25, -0.2) is 4.52 Å². The lowest BCUT2D eigenvalue weighted by molar-refractivity contribution is -0.187. The lowest BCUT2D eigenvalue weighted by Gasteiger charge is -2.37. The number of rotatable bonds is 4. The Balaban J connectivity index is 1.17. The molecule has 1 spiro atoms. The molecule has 0 saturated carbocycles. The van der Waals surface area contributed by atoms with E-state index in [1.165, 1.54) is 0 Å². The van der Waals surface area contributed by atoms with Gasteiger partial charge >= 0.3 is 0 Å². The molecule has 0 aliphatic carbocycles. The molecule has 1 aromatic carbocycles. The Bertz CT molecular complexity index is 1270. The predicted molar refractivity (Wildman–Crippen MR) is 116 cm³/mol. The van der Waals surface area contributed by atoms with Gasteiger partial charge in [-0.2, -0.15) is 5.10 Å². The van der Waals surface area contributed by atoms with E-state index in [-0.39, 0.29) is 5.91 Å². The standard InChI is InChI=1S/C23H24N6O3/c30-21(27-10-8-23(9-11-27)31-14-15-32-23)7-6-20-24-25-22-19-16-18(17-4-2-1-3-5-17)26-29(19)13-12-28(20)22/h1-5,12-13,16H,6-11,14-15H2. The Labute approximate surface area is 184 Å². The van der Waals surface area contributed by atoms with Crippen molar-refractivity contribution in [1.82, 2.24) is 29.1 Å². The van der Waals surface area contributed by atoms with Crippen molar-refractivity contribution >= 4 is 17.1 Å². The number of carbonyl (C=O) groups is 1. The van der Waals surface area contributed by atoms with E-state index >= 15 is 0 Å². The average molecular weight is 432 g/mol. The molecule has 0 unspecified atom stereocenters. The minimum Gasteiger partial charge on any atom is -0.347 e. The zero-order valence-electron chi connectivity index (χ0n) is 17.7. The largest absolute Gasteiger partial charge is 0.347 e. The van der Waals surface area contributed by atoms with E-state index in [0.717, 1.165) is 41.1 Å². The summed E-state index contributed by atoms with van der Waals surface area (Å²) < 4.78 is 15.3. The van der Waals surface area contributed by atoms with E-state index in [1.807, 2.05) is 62.6 Å². The molecule has 4 aromatic rings. The van der Waals surface area contributed by atoms with Gasteiger partial charge in [0.05, 0.1) is 18.9 Å². The van der Waals surface area contributed by atoms with Crippen molar-refractivity contribution < 1.29 is 14.3 Å². The molecule has 5 heterocycles. The number of amides is 1. The number of aryl methyl sites for hydroxylation is 1. The molecule has 9 nitrogen and oxygen atoms in total. The van der Waals surface area contributed by atoms with Crippen molar-refractivity contribution in [1.29, 1.82) is 0 Å². The monoisotopic (exact) mass is 432 g/mol. The van der Waals surface area contributed by atoms with Gasteiger partial charge in [0.1, 0.15) is 11.3 Å². The molecule has 6 rings (SSSR count). The lowest BCUT2D eigenvalue weighted by atomic mass is 10.0. The maximum absolute atomic E-state index is 12.8. The Hall–Kier alpha value is -3.30. The van der Waals surface area contributed by atoms with E-state index < -0.39 is 5.79 Å². The summed E-state index contributed by atoms with van der Waals surface area (Å²) in [6, 6.07) is 12.1. The summed E-state index contributed by atoms with van der Waals surface area (Å²) in [6.07, 6.45) is 6.20. The van der Waals surface area contributed by atoms with Gasteiger partial charge in [-0.3, -0.25) is 9.20 Å². The number of fused-ring (bicyclic) bond motifs is 3. The first-order valence-corrected chi connectivity index (χ1v) is 11.0. The molecule has 9 heteroatoms. The van der Waals surface area contributed by atoms with Crippen LogP contribution in [0.25, 0.3) is 22.4 Å². The summed E-state index contributed by atoms with van der Waals surface area (Å²) in [4.78, 5) is 14.7. The highest BCUT2D eigenvalue weighted by Crippen LogP contribution is 2.31. The lowest BCUT2D eigenvalue weighted by Crippen LogP contribution is -2.47. The summed E-state index contributed by atoms with van der Waals surface area (Å²) in [5.74, 6) is 0.440. The van der Waals surface area contributed by atoms with Gasteiger partial charge < -0.3 is 14.4 Å². The van der Waals surface area contributed by atoms with E-state index in [4.69, 9.17) is 9.47 Å². The number of benzene rings is 1. The summed E-state index contributed by atoms with van der Waals surface area (Å²) in [5, 5.41) is 13.4. The van der Waals surface area contributed by atoms with E-state index in [0.29, 0.717) is 39.1 Å². The second-order valence-electron chi connectivity index (χ2n) is 8.32. The fraction of sp³-hybridized carbons (Fsp3) is 0.391. The zero-order valence-corrected chi connectivity index (χ0v) is 17.7. The van der Waals surface area contributed by atoms with E-state index in [1.54, 1.807) is 0 Å². The van der Waals surface area contributed by atoms with Crippen molar-refractivity contribution in [3.63, 3.8) is 0 Å². The SMILES string of the molecule is O=C(CCc1nnc2c3cc(-c4ccccc4)nn3ccn12)N1CCC2(CC1)OCCO2. The van der Waals surface area contributed by atoms with Crippen molar-refractivity contribution in [3.8, 4) is 11.3 Å². The molecule has 0 N–H and O–H groups in total. The van der Waals surface area contributed by atoms with Crippen LogP contribution in [0.1, 0.15) is 25.1 Å². The number of nitrogens with zero attached hydrogens (tertiary/aromatic N) is 6. The first-order chi connectivity index (χ1) is 15.7. The molecule has 2 saturated heterocycles. The molecular weight excluding hydrogens is 408 g/mol. The fourth-order valence-corrected chi connectivity index (χ4v) is 4.64. The van der Waals surface area contributed by atoms with Crippen LogP contribution in [0.15, 0.2) is 48.8 Å². The fourth-order valence-electron chi connectivity index (χ4n) is 4.64. The van der Waals surface area contributed by atoms with Crippen LogP contribution in [-0.4, -0.2) is 67.1 Å². The molecule has 32 heavy (non-hydrogen) atoms. The van der Waals surface area contributed by atoms with Gasteiger partial charge in [0, 0.05) is 56.7 Å². The molecule has 0 bridgehead atoms. The van der Waals surface area contributed by atoms with Crippen molar-refractivity contribution in [2.75, 3.05) is 26.3 Å². The van der Waals surface area contributed by atoms with Gasteiger partial charge in [0.15, 0.2) is 11.4 Å². The third-order valence-corrected chi connectivity index (χ3v) is 6.41. The normalized spacial score (nSPS) is 18.2. The summed E-state index contributed by atoms with van der Waals surface area (Å²) in [5.41, 5.74) is 3.56. The van der Waals surface area contributed by atoms with E-state index in [2.05, 4.69) is 15.3 Å². The van der Waals surface area contributed by atoms with Crippen LogP contribution in [-0.2, 0) is 20.7 Å².